The Hall–Kier alpha value is -4.30. The number of benzene rings is 3. The molecule has 0 saturated carbocycles. The highest BCUT2D eigenvalue weighted by atomic mass is 32.1. The first-order valence-electron chi connectivity index (χ1n) is 10.8. The van der Waals surface area contributed by atoms with Gasteiger partial charge in [-0.05, 0) is 61.1 Å². The summed E-state index contributed by atoms with van der Waals surface area (Å²) < 4.78 is 14.6. The molecule has 0 saturated heterocycles. The zero-order valence-electron chi connectivity index (χ0n) is 18.6. The fourth-order valence-corrected chi connectivity index (χ4v) is 4.47. The van der Waals surface area contributed by atoms with Gasteiger partial charge in [0.1, 0.15) is 17.6 Å². The Labute approximate surface area is 205 Å². The molecule has 0 fully saturated rings. The molecular formula is C27H20FN3O3S. The van der Waals surface area contributed by atoms with Crippen molar-refractivity contribution in [3.8, 4) is 11.6 Å². The van der Waals surface area contributed by atoms with E-state index in [9.17, 15) is 19.4 Å². The number of anilines is 1. The van der Waals surface area contributed by atoms with Gasteiger partial charge in [-0.3, -0.25) is 4.79 Å². The van der Waals surface area contributed by atoms with Gasteiger partial charge in [0.25, 0.3) is 5.91 Å². The lowest BCUT2D eigenvalue weighted by molar-refractivity contribution is 0.0983. The van der Waals surface area contributed by atoms with E-state index in [2.05, 4.69) is 4.99 Å². The molecule has 1 aliphatic rings. The number of fused-ring (bicyclic) bond motifs is 1. The molecular weight excluding hydrogens is 465 g/mol. The molecule has 8 heteroatoms. The Morgan fingerprint density at radius 3 is 2.49 bits per heavy atom. The summed E-state index contributed by atoms with van der Waals surface area (Å²) in [5.41, 5.74) is 2.72. The number of aryl methyl sites for hydroxylation is 1. The molecule has 2 heterocycles. The van der Waals surface area contributed by atoms with Crippen LogP contribution in [0.4, 0.5) is 10.1 Å². The first kappa shape index (κ1) is 22.5. The summed E-state index contributed by atoms with van der Waals surface area (Å²) in [5, 5.41) is 21.6. The molecule has 1 aliphatic heterocycles. The van der Waals surface area contributed by atoms with E-state index in [0.29, 0.717) is 16.6 Å². The van der Waals surface area contributed by atoms with Crippen LogP contribution in [0.2, 0.25) is 0 Å². The number of aliphatic imine (C=N–C) groups is 1. The molecule has 0 bridgehead atoms. The molecule has 0 aliphatic carbocycles. The van der Waals surface area contributed by atoms with E-state index in [1.165, 1.54) is 12.1 Å². The van der Waals surface area contributed by atoms with E-state index in [1.807, 2.05) is 43.3 Å². The smallest absolute Gasteiger partial charge is 0.282 e. The zero-order chi connectivity index (χ0) is 24.7. The van der Waals surface area contributed by atoms with Crippen molar-refractivity contribution < 1.29 is 19.4 Å². The summed E-state index contributed by atoms with van der Waals surface area (Å²) in [6, 6.07) is 19.6. The molecule has 3 aromatic carbocycles. The van der Waals surface area contributed by atoms with Gasteiger partial charge in [0.05, 0.1) is 5.52 Å². The van der Waals surface area contributed by atoms with Gasteiger partial charge in [0.2, 0.25) is 11.0 Å². The van der Waals surface area contributed by atoms with Crippen molar-refractivity contribution >= 4 is 51.6 Å². The van der Waals surface area contributed by atoms with E-state index in [-0.39, 0.29) is 16.6 Å². The number of thiocarbonyl (C=S) groups is 1. The van der Waals surface area contributed by atoms with E-state index in [4.69, 9.17) is 12.2 Å². The fraction of sp³-hybridized carbons (Fsp3) is 0.0741. The number of aromatic hydroxyl groups is 2. The van der Waals surface area contributed by atoms with Crippen molar-refractivity contribution in [1.29, 1.82) is 0 Å². The fourth-order valence-electron chi connectivity index (χ4n) is 4.15. The minimum Gasteiger partial charge on any atom is -0.503 e. The van der Waals surface area contributed by atoms with Gasteiger partial charge in [0, 0.05) is 11.1 Å². The van der Waals surface area contributed by atoms with Crippen LogP contribution in [-0.2, 0) is 0 Å². The maximum Gasteiger partial charge on any atom is 0.282 e. The van der Waals surface area contributed by atoms with Gasteiger partial charge in [-0.25, -0.2) is 13.9 Å². The van der Waals surface area contributed by atoms with Crippen LogP contribution in [0.5, 0.6) is 11.6 Å². The molecule has 0 spiro atoms. The largest absolute Gasteiger partial charge is 0.503 e. The van der Waals surface area contributed by atoms with Crippen molar-refractivity contribution in [3.63, 3.8) is 0 Å². The second-order valence-electron chi connectivity index (χ2n) is 8.17. The summed E-state index contributed by atoms with van der Waals surface area (Å²) >= 11 is 5.50. The number of aromatic nitrogens is 1. The normalized spacial score (nSPS) is 15.8. The third-order valence-electron chi connectivity index (χ3n) is 5.85. The second-order valence-corrected chi connectivity index (χ2v) is 8.54. The first-order chi connectivity index (χ1) is 16.8. The van der Waals surface area contributed by atoms with Crippen LogP contribution in [0.3, 0.4) is 0 Å². The van der Waals surface area contributed by atoms with Gasteiger partial charge >= 0.3 is 0 Å². The van der Waals surface area contributed by atoms with Crippen LogP contribution in [0.15, 0.2) is 83.9 Å². The molecule has 35 heavy (non-hydrogen) atoms. The lowest BCUT2D eigenvalue weighted by Gasteiger charge is -2.24. The van der Waals surface area contributed by atoms with Gasteiger partial charge in [-0.15, -0.1) is 0 Å². The Morgan fingerprint density at radius 1 is 1.06 bits per heavy atom. The third kappa shape index (κ3) is 3.98. The number of hydrogen-bond donors (Lipinski definition) is 2. The number of rotatable bonds is 4. The van der Waals surface area contributed by atoms with Crippen LogP contribution in [0.1, 0.15) is 15.9 Å². The van der Waals surface area contributed by atoms with Crippen LogP contribution in [0, 0.1) is 12.7 Å². The van der Waals surface area contributed by atoms with Crippen LogP contribution < -0.4 is 4.90 Å². The summed E-state index contributed by atoms with van der Waals surface area (Å²) in [6.07, 6.45) is 3.62. The zero-order valence-corrected chi connectivity index (χ0v) is 19.4. The first-order valence-corrected chi connectivity index (χ1v) is 11.2. The molecule has 0 radical (unpaired) electrons. The van der Waals surface area contributed by atoms with Gasteiger partial charge in [0.15, 0.2) is 5.75 Å². The van der Waals surface area contributed by atoms with Crippen LogP contribution in [0.25, 0.3) is 17.0 Å². The van der Waals surface area contributed by atoms with Crippen molar-refractivity contribution in [2.24, 2.45) is 4.99 Å². The lowest BCUT2D eigenvalue weighted by Crippen LogP contribution is -2.40. The standard InChI is InChI=1S/C27H20FN3O3S/c1-16-7-13-21-20(15-16)24(32)26(34)31(21)25(33)23-22(14-8-17-5-3-2-4-6-17)30(27(35)29-23)19-11-9-18(28)10-12-19/h2-15,22,32,34H,1H3/b14-8+. The number of halogens is 1. The number of hydrogen-bond acceptors (Lipinski definition) is 4. The van der Waals surface area contributed by atoms with Crippen molar-refractivity contribution in [1.82, 2.24) is 4.57 Å². The third-order valence-corrected chi connectivity index (χ3v) is 6.14. The topological polar surface area (TPSA) is 78.1 Å². The predicted octanol–water partition coefficient (Wildman–Crippen LogP) is 5.47. The molecule has 6 nitrogen and oxygen atoms in total. The minimum absolute atomic E-state index is 0.0549. The van der Waals surface area contributed by atoms with E-state index >= 15 is 0 Å². The Morgan fingerprint density at radius 2 is 1.77 bits per heavy atom. The maximum absolute atomic E-state index is 13.8. The van der Waals surface area contributed by atoms with Crippen molar-refractivity contribution in [2.45, 2.75) is 13.0 Å². The highest BCUT2D eigenvalue weighted by Crippen LogP contribution is 2.38. The maximum atomic E-state index is 13.8. The molecule has 1 unspecified atom stereocenters. The Kier molecular flexibility index (Phi) is 5.66. The molecule has 174 valence electrons. The second kappa shape index (κ2) is 8.81. The van der Waals surface area contributed by atoms with Crippen LogP contribution in [-0.4, -0.2) is 37.6 Å². The molecule has 4 aromatic rings. The van der Waals surface area contributed by atoms with Crippen molar-refractivity contribution in [3.05, 3.63) is 95.8 Å². The SMILES string of the molecule is Cc1ccc2c(c1)c(O)c(O)n2C(=O)C1=NC(=S)N(c2ccc(F)cc2)C1/C=C/c1ccccc1. The summed E-state index contributed by atoms with van der Waals surface area (Å²) in [5.74, 6) is -1.99. The summed E-state index contributed by atoms with van der Waals surface area (Å²) in [4.78, 5) is 19.8. The predicted molar refractivity (Wildman–Crippen MR) is 139 cm³/mol. The lowest BCUT2D eigenvalue weighted by atomic mass is 10.1. The van der Waals surface area contributed by atoms with Gasteiger partial charge in [-0.1, -0.05) is 54.1 Å². The van der Waals surface area contributed by atoms with E-state index < -0.39 is 23.6 Å². The number of nitrogens with zero attached hydrogens (tertiary/aromatic N) is 3. The summed E-state index contributed by atoms with van der Waals surface area (Å²) in [6.45, 7) is 1.85. The number of carbonyl (C=O) groups excluding carboxylic acids is 1. The average molecular weight is 486 g/mol. The molecule has 2 N–H and O–H groups in total. The average Bonchev–Trinajstić information content (AvgIpc) is 3.32. The quantitative estimate of drug-likeness (QED) is 0.375. The van der Waals surface area contributed by atoms with E-state index in [0.717, 1.165) is 15.7 Å². The Bertz CT molecular complexity index is 1530. The van der Waals surface area contributed by atoms with Crippen molar-refractivity contribution in [2.75, 3.05) is 4.90 Å². The highest BCUT2D eigenvalue weighted by Gasteiger charge is 2.38. The van der Waals surface area contributed by atoms with Gasteiger partial charge < -0.3 is 15.1 Å². The monoisotopic (exact) mass is 485 g/mol. The molecule has 5 rings (SSSR count). The molecule has 1 atom stereocenters. The van der Waals surface area contributed by atoms with E-state index in [1.54, 1.807) is 41.3 Å². The summed E-state index contributed by atoms with van der Waals surface area (Å²) in [7, 11) is 0. The Balaban J connectivity index is 1.62. The molecule has 0 amide bonds. The minimum atomic E-state index is -0.731. The van der Waals surface area contributed by atoms with Crippen LogP contribution >= 0.6 is 12.2 Å². The van der Waals surface area contributed by atoms with Gasteiger partial charge in [-0.2, -0.15) is 0 Å². The highest BCUT2D eigenvalue weighted by molar-refractivity contribution is 7.80. The molecule has 1 aromatic heterocycles. The number of carbonyl (C=O) groups is 1.